The lowest BCUT2D eigenvalue weighted by Gasteiger charge is -2.72. The first-order valence-corrected chi connectivity index (χ1v) is 10.4. The van der Waals surface area contributed by atoms with Crippen molar-refractivity contribution in [3.63, 3.8) is 0 Å². The molecule has 0 aromatic heterocycles. The molecule has 2 aromatic rings. The van der Waals surface area contributed by atoms with E-state index in [1.807, 2.05) is 6.92 Å². The molecule has 0 spiro atoms. The van der Waals surface area contributed by atoms with Gasteiger partial charge >= 0.3 is 6.18 Å². The highest BCUT2D eigenvalue weighted by molar-refractivity contribution is 6.42. The molecule has 0 radical (unpaired) electrons. The summed E-state index contributed by atoms with van der Waals surface area (Å²) in [4.78, 5) is 25.1. The molecular weight excluding hydrogens is 452 g/mol. The molecule has 2 bridgehead atoms. The quantitative estimate of drug-likeness (QED) is 0.567. The van der Waals surface area contributed by atoms with Crippen LogP contribution in [0.1, 0.15) is 42.1 Å². The van der Waals surface area contributed by atoms with E-state index in [1.54, 1.807) is 12.1 Å². The highest BCUT2D eigenvalue weighted by Gasteiger charge is 2.71. The summed E-state index contributed by atoms with van der Waals surface area (Å²) in [5, 5.41) is 6.39. The van der Waals surface area contributed by atoms with Crippen LogP contribution in [0.5, 0.6) is 0 Å². The molecule has 3 aliphatic rings. The highest BCUT2D eigenvalue weighted by atomic mass is 35.5. The lowest BCUT2D eigenvalue weighted by Crippen LogP contribution is -2.77. The number of anilines is 1. The Balaban J connectivity index is 1.32. The lowest BCUT2D eigenvalue weighted by atomic mass is 9.36. The van der Waals surface area contributed by atoms with E-state index in [0.717, 1.165) is 12.1 Å². The van der Waals surface area contributed by atoms with Crippen LogP contribution < -0.4 is 10.6 Å². The summed E-state index contributed by atoms with van der Waals surface area (Å²) in [6, 6.07) is 9.05. The molecule has 9 heteroatoms. The average molecular weight is 471 g/mol. The van der Waals surface area contributed by atoms with Gasteiger partial charge in [0, 0.05) is 22.7 Å². The molecule has 2 N–H and O–H groups in total. The van der Waals surface area contributed by atoms with Crippen molar-refractivity contribution in [2.75, 3.05) is 5.32 Å². The summed E-state index contributed by atoms with van der Waals surface area (Å²) in [5.74, 6) is -0.823. The monoisotopic (exact) mass is 470 g/mol. The fraction of sp³-hybridized carbons (Fsp3) is 0.364. The van der Waals surface area contributed by atoms with Crippen molar-refractivity contribution in [1.82, 2.24) is 5.32 Å². The largest absolute Gasteiger partial charge is 0.416 e. The summed E-state index contributed by atoms with van der Waals surface area (Å²) in [7, 11) is 0. The van der Waals surface area contributed by atoms with E-state index >= 15 is 0 Å². The van der Waals surface area contributed by atoms with Crippen molar-refractivity contribution in [2.45, 2.75) is 37.9 Å². The van der Waals surface area contributed by atoms with Gasteiger partial charge in [-0.1, -0.05) is 30.1 Å². The standard InChI is InChI=1S/C22H19Cl2F3N2O2/c1-12(18(30)28-15-5-3-14(4-6-15)22(25,26)27)20-9-21(10-20,11-20)29-19(31)13-2-7-16(23)17(24)8-13/h2-8,12H,9-11H2,1H3,(H,28,30)(H,29,31)/t12-,20?,21?/m1/s1. The molecule has 4 nitrogen and oxygen atoms in total. The van der Waals surface area contributed by atoms with E-state index in [0.29, 0.717) is 40.6 Å². The zero-order valence-electron chi connectivity index (χ0n) is 16.4. The minimum absolute atomic E-state index is 0.207. The molecule has 3 aliphatic carbocycles. The van der Waals surface area contributed by atoms with Crippen molar-refractivity contribution in [1.29, 1.82) is 0 Å². The molecule has 2 amide bonds. The van der Waals surface area contributed by atoms with Gasteiger partial charge in [-0.15, -0.1) is 0 Å². The van der Waals surface area contributed by atoms with Crippen LogP contribution in [-0.2, 0) is 11.0 Å². The second-order valence-electron chi connectivity index (χ2n) is 8.54. The van der Waals surface area contributed by atoms with Crippen LogP contribution in [0.15, 0.2) is 42.5 Å². The smallest absolute Gasteiger partial charge is 0.347 e. The predicted molar refractivity (Wildman–Crippen MR) is 112 cm³/mol. The van der Waals surface area contributed by atoms with Crippen molar-refractivity contribution in [3.05, 3.63) is 63.6 Å². The second kappa shape index (κ2) is 7.41. The van der Waals surface area contributed by atoms with Crippen molar-refractivity contribution in [2.24, 2.45) is 11.3 Å². The summed E-state index contributed by atoms with van der Waals surface area (Å²) in [5.41, 5.74) is -0.564. The van der Waals surface area contributed by atoms with Gasteiger partial charge in [0.25, 0.3) is 5.91 Å². The third-order valence-electron chi connectivity index (χ3n) is 6.42. The van der Waals surface area contributed by atoms with Crippen LogP contribution in [0.2, 0.25) is 10.0 Å². The molecule has 3 saturated carbocycles. The van der Waals surface area contributed by atoms with Gasteiger partial charge in [-0.25, -0.2) is 0 Å². The topological polar surface area (TPSA) is 58.2 Å². The maximum absolute atomic E-state index is 12.7. The summed E-state index contributed by atoms with van der Waals surface area (Å²) in [6.07, 6.45) is -2.39. The third-order valence-corrected chi connectivity index (χ3v) is 7.16. The van der Waals surface area contributed by atoms with Crippen LogP contribution in [0.25, 0.3) is 0 Å². The molecule has 0 heterocycles. The minimum atomic E-state index is -4.42. The highest BCUT2D eigenvalue weighted by Crippen LogP contribution is 2.70. The fourth-order valence-electron chi connectivity index (χ4n) is 4.68. The third kappa shape index (κ3) is 4.01. The van der Waals surface area contributed by atoms with Gasteiger partial charge in [0.15, 0.2) is 0 Å². The van der Waals surface area contributed by atoms with Crippen LogP contribution in [0.3, 0.4) is 0 Å². The Labute approximate surface area is 187 Å². The first kappa shape index (κ1) is 22.0. The Morgan fingerprint density at radius 1 is 1.00 bits per heavy atom. The number of carbonyl (C=O) groups excluding carboxylic acids is 2. The van der Waals surface area contributed by atoms with Gasteiger partial charge in [0.05, 0.1) is 15.6 Å². The van der Waals surface area contributed by atoms with Crippen LogP contribution in [-0.4, -0.2) is 17.4 Å². The zero-order valence-corrected chi connectivity index (χ0v) is 18.0. The molecule has 0 saturated heterocycles. The zero-order chi connectivity index (χ0) is 22.6. The molecule has 5 rings (SSSR count). The predicted octanol–water partition coefficient (Wildman–Crippen LogP) is 5.94. The number of benzene rings is 2. The normalized spacial score (nSPS) is 25.1. The van der Waals surface area contributed by atoms with E-state index in [4.69, 9.17) is 23.2 Å². The van der Waals surface area contributed by atoms with E-state index in [1.165, 1.54) is 18.2 Å². The SMILES string of the molecule is C[C@H](C(=O)Nc1ccc(C(F)(F)F)cc1)C12CC(NC(=O)c3ccc(Cl)c(Cl)c3)(C1)C2. The Bertz CT molecular complexity index is 1030. The number of nitrogens with one attached hydrogen (secondary N) is 2. The molecule has 164 valence electrons. The number of hydrogen-bond donors (Lipinski definition) is 2. The minimum Gasteiger partial charge on any atom is -0.347 e. The van der Waals surface area contributed by atoms with Gasteiger partial charge < -0.3 is 10.6 Å². The van der Waals surface area contributed by atoms with Crippen molar-refractivity contribution < 1.29 is 22.8 Å². The molecule has 2 aromatic carbocycles. The lowest BCUT2D eigenvalue weighted by molar-refractivity contribution is -0.184. The van der Waals surface area contributed by atoms with Gasteiger partial charge in [-0.3, -0.25) is 9.59 Å². The van der Waals surface area contributed by atoms with Crippen molar-refractivity contribution >= 4 is 40.7 Å². The average Bonchev–Trinajstić information content (AvgIpc) is 2.64. The fourth-order valence-corrected chi connectivity index (χ4v) is 4.98. The Kier molecular flexibility index (Phi) is 5.25. The number of halogens is 5. The van der Waals surface area contributed by atoms with Gasteiger partial charge in [0.2, 0.25) is 5.91 Å². The number of amides is 2. The van der Waals surface area contributed by atoms with E-state index in [9.17, 15) is 22.8 Å². The number of hydrogen-bond acceptors (Lipinski definition) is 2. The summed E-state index contributed by atoms with van der Waals surface area (Å²) >= 11 is 11.9. The molecular formula is C22H19Cl2F3N2O2. The number of carbonyl (C=O) groups is 2. The number of rotatable bonds is 5. The second-order valence-corrected chi connectivity index (χ2v) is 9.36. The van der Waals surface area contributed by atoms with Crippen LogP contribution in [0.4, 0.5) is 18.9 Å². The Morgan fingerprint density at radius 3 is 2.16 bits per heavy atom. The Hall–Kier alpha value is -2.25. The van der Waals surface area contributed by atoms with Crippen LogP contribution in [0, 0.1) is 11.3 Å². The molecule has 3 fully saturated rings. The summed E-state index contributed by atoms with van der Waals surface area (Å²) in [6.45, 7) is 1.81. The summed E-state index contributed by atoms with van der Waals surface area (Å²) < 4.78 is 38.0. The van der Waals surface area contributed by atoms with E-state index in [2.05, 4.69) is 10.6 Å². The van der Waals surface area contributed by atoms with Crippen LogP contribution >= 0.6 is 23.2 Å². The molecule has 0 unspecified atom stereocenters. The molecule has 0 aliphatic heterocycles. The number of alkyl halides is 3. The van der Waals surface area contributed by atoms with E-state index in [-0.39, 0.29) is 28.7 Å². The van der Waals surface area contributed by atoms with E-state index < -0.39 is 11.7 Å². The van der Waals surface area contributed by atoms with Gasteiger partial charge in [0.1, 0.15) is 0 Å². The first-order valence-electron chi connectivity index (χ1n) is 9.69. The molecule has 31 heavy (non-hydrogen) atoms. The first-order chi connectivity index (χ1) is 14.4. The Morgan fingerprint density at radius 2 is 1.61 bits per heavy atom. The maximum Gasteiger partial charge on any atom is 0.416 e. The van der Waals surface area contributed by atoms with Gasteiger partial charge in [-0.2, -0.15) is 13.2 Å². The van der Waals surface area contributed by atoms with Crippen molar-refractivity contribution in [3.8, 4) is 0 Å². The van der Waals surface area contributed by atoms with Gasteiger partial charge in [-0.05, 0) is 67.1 Å². The molecule has 1 atom stereocenters. The maximum atomic E-state index is 12.7.